The highest BCUT2D eigenvalue weighted by molar-refractivity contribution is 5.92. The summed E-state index contributed by atoms with van der Waals surface area (Å²) in [6, 6.07) is 1.92. The SMILES string of the molecule is O=Cc1ncnc2nc(C(F)(F)F)ccc12. The van der Waals surface area contributed by atoms with E-state index in [0.717, 1.165) is 18.5 Å². The molecule has 0 fully saturated rings. The molecule has 0 saturated carbocycles. The zero-order chi connectivity index (χ0) is 11.8. The van der Waals surface area contributed by atoms with Gasteiger partial charge in [-0.25, -0.2) is 15.0 Å². The molecule has 0 atom stereocenters. The van der Waals surface area contributed by atoms with Gasteiger partial charge in [0.05, 0.1) is 0 Å². The van der Waals surface area contributed by atoms with Gasteiger partial charge in [0, 0.05) is 5.39 Å². The molecule has 2 aromatic heterocycles. The fourth-order valence-corrected chi connectivity index (χ4v) is 1.21. The van der Waals surface area contributed by atoms with Crippen molar-refractivity contribution in [2.45, 2.75) is 6.18 Å². The van der Waals surface area contributed by atoms with Gasteiger partial charge < -0.3 is 0 Å². The van der Waals surface area contributed by atoms with E-state index in [0.29, 0.717) is 6.29 Å². The van der Waals surface area contributed by atoms with Crippen LogP contribution in [0.3, 0.4) is 0 Å². The van der Waals surface area contributed by atoms with Crippen molar-refractivity contribution in [3.63, 3.8) is 0 Å². The summed E-state index contributed by atoms with van der Waals surface area (Å²) in [7, 11) is 0. The highest BCUT2D eigenvalue weighted by Gasteiger charge is 2.32. The lowest BCUT2D eigenvalue weighted by Crippen LogP contribution is -2.08. The minimum atomic E-state index is -4.53. The molecule has 2 rings (SSSR count). The number of rotatable bonds is 1. The van der Waals surface area contributed by atoms with Crippen LogP contribution in [0.2, 0.25) is 0 Å². The molecule has 0 bridgehead atoms. The van der Waals surface area contributed by atoms with E-state index in [-0.39, 0.29) is 16.7 Å². The molecule has 0 unspecified atom stereocenters. The Kier molecular flexibility index (Phi) is 2.30. The Labute approximate surface area is 87.2 Å². The maximum absolute atomic E-state index is 12.3. The first-order chi connectivity index (χ1) is 7.52. The van der Waals surface area contributed by atoms with Gasteiger partial charge >= 0.3 is 6.18 Å². The minimum absolute atomic E-state index is 0.0197. The van der Waals surface area contributed by atoms with Crippen molar-refractivity contribution in [2.75, 3.05) is 0 Å². The van der Waals surface area contributed by atoms with Crippen molar-refractivity contribution >= 4 is 17.3 Å². The first-order valence-electron chi connectivity index (χ1n) is 4.16. The second kappa shape index (κ2) is 3.51. The van der Waals surface area contributed by atoms with Crippen LogP contribution in [0.25, 0.3) is 11.0 Å². The number of halogens is 3. The van der Waals surface area contributed by atoms with E-state index < -0.39 is 11.9 Å². The summed E-state index contributed by atoms with van der Waals surface area (Å²) >= 11 is 0. The number of nitrogens with zero attached hydrogens (tertiary/aromatic N) is 3. The molecule has 4 nitrogen and oxygen atoms in total. The summed E-state index contributed by atoms with van der Waals surface area (Å²) in [4.78, 5) is 21.1. The van der Waals surface area contributed by atoms with E-state index in [2.05, 4.69) is 15.0 Å². The largest absolute Gasteiger partial charge is 0.433 e. The van der Waals surface area contributed by atoms with Gasteiger partial charge in [0.2, 0.25) is 0 Å². The highest BCUT2D eigenvalue weighted by Crippen LogP contribution is 2.28. The predicted molar refractivity (Wildman–Crippen MR) is 47.7 cm³/mol. The van der Waals surface area contributed by atoms with Crippen LogP contribution in [0, 0.1) is 0 Å². The smallest absolute Gasteiger partial charge is 0.296 e. The van der Waals surface area contributed by atoms with Crippen LogP contribution in [0.5, 0.6) is 0 Å². The average Bonchev–Trinajstić information content (AvgIpc) is 2.26. The number of pyridine rings is 1. The molecule has 2 aromatic rings. The lowest BCUT2D eigenvalue weighted by Gasteiger charge is -2.06. The van der Waals surface area contributed by atoms with Crippen molar-refractivity contribution in [1.82, 2.24) is 15.0 Å². The van der Waals surface area contributed by atoms with Crippen LogP contribution in [0.4, 0.5) is 13.2 Å². The van der Waals surface area contributed by atoms with Crippen LogP contribution in [0.1, 0.15) is 16.2 Å². The van der Waals surface area contributed by atoms with Gasteiger partial charge in [-0.1, -0.05) is 0 Å². The van der Waals surface area contributed by atoms with Crippen molar-refractivity contribution < 1.29 is 18.0 Å². The molecule has 82 valence electrons. The first-order valence-corrected chi connectivity index (χ1v) is 4.16. The van der Waals surface area contributed by atoms with E-state index in [1.807, 2.05) is 0 Å². The maximum atomic E-state index is 12.3. The zero-order valence-corrected chi connectivity index (χ0v) is 7.69. The Morgan fingerprint density at radius 3 is 2.56 bits per heavy atom. The fourth-order valence-electron chi connectivity index (χ4n) is 1.21. The normalized spacial score (nSPS) is 11.7. The summed E-state index contributed by atoms with van der Waals surface area (Å²) in [5.41, 5.74) is -1.17. The lowest BCUT2D eigenvalue weighted by molar-refractivity contribution is -0.141. The standard InChI is InChI=1S/C9H4F3N3O/c10-9(11,12)7-2-1-5-6(3-16)13-4-14-8(5)15-7/h1-4H. The molecule has 0 N–H and O–H groups in total. The molecular weight excluding hydrogens is 223 g/mol. The zero-order valence-electron chi connectivity index (χ0n) is 7.69. The third-order valence-corrected chi connectivity index (χ3v) is 1.93. The van der Waals surface area contributed by atoms with Crippen molar-refractivity contribution in [3.05, 3.63) is 29.8 Å². The Bertz CT molecular complexity index is 553. The number of carbonyl (C=O) groups is 1. The van der Waals surface area contributed by atoms with Crippen LogP contribution >= 0.6 is 0 Å². The quantitative estimate of drug-likeness (QED) is 0.697. The molecule has 16 heavy (non-hydrogen) atoms. The van der Waals surface area contributed by atoms with E-state index in [4.69, 9.17) is 0 Å². The molecule has 0 amide bonds. The Balaban J connectivity index is 2.69. The maximum Gasteiger partial charge on any atom is 0.433 e. The molecule has 0 spiro atoms. The Hall–Kier alpha value is -2.05. The van der Waals surface area contributed by atoms with Crippen molar-refractivity contribution in [1.29, 1.82) is 0 Å². The summed E-state index contributed by atoms with van der Waals surface area (Å²) in [6.45, 7) is 0. The third kappa shape index (κ3) is 1.71. The Morgan fingerprint density at radius 2 is 1.94 bits per heavy atom. The van der Waals surface area contributed by atoms with Gasteiger partial charge in [0.1, 0.15) is 17.7 Å². The summed E-state index contributed by atoms with van der Waals surface area (Å²) < 4.78 is 37.0. The highest BCUT2D eigenvalue weighted by atomic mass is 19.4. The number of fused-ring (bicyclic) bond motifs is 1. The number of carbonyl (C=O) groups excluding carboxylic acids is 1. The van der Waals surface area contributed by atoms with E-state index in [1.165, 1.54) is 0 Å². The third-order valence-electron chi connectivity index (χ3n) is 1.93. The fraction of sp³-hybridized carbons (Fsp3) is 0.111. The number of aromatic nitrogens is 3. The van der Waals surface area contributed by atoms with Gasteiger partial charge in [-0.3, -0.25) is 4.79 Å². The van der Waals surface area contributed by atoms with Crippen LogP contribution in [-0.4, -0.2) is 21.2 Å². The summed E-state index contributed by atoms with van der Waals surface area (Å²) in [5.74, 6) is 0. The molecule has 0 aromatic carbocycles. The van der Waals surface area contributed by atoms with E-state index in [9.17, 15) is 18.0 Å². The van der Waals surface area contributed by atoms with Crippen molar-refractivity contribution in [2.24, 2.45) is 0 Å². The number of hydrogen-bond donors (Lipinski definition) is 0. The molecule has 0 radical (unpaired) electrons. The number of hydrogen-bond acceptors (Lipinski definition) is 4. The Morgan fingerprint density at radius 1 is 1.19 bits per heavy atom. The lowest BCUT2D eigenvalue weighted by atomic mass is 10.2. The molecule has 0 saturated heterocycles. The molecule has 2 heterocycles. The predicted octanol–water partition coefficient (Wildman–Crippen LogP) is 1.86. The van der Waals surface area contributed by atoms with Crippen LogP contribution in [-0.2, 0) is 6.18 Å². The van der Waals surface area contributed by atoms with Crippen LogP contribution < -0.4 is 0 Å². The number of aldehydes is 1. The van der Waals surface area contributed by atoms with Gasteiger partial charge in [-0.15, -0.1) is 0 Å². The first kappa shape index (κ1) is 10.5. The van der Waals surface area contributed by atoms with Gasteiger partial charge in [0.15, 0.2) is 11.9 Å². The molecule has 0 aliphatic rings. The van der Waals surface area contributed by atoms with Gasteiger partial charge in [-0.2, -0.15) is 13.2 Å². The second-order valence-electron chi connectivity index (χ2n) is 2.94. The molecule has 0 aliphatic carbocycles. The summed E-state index contributed by atoms with van der Waals surface area (Å²) in [5, 5.41) is 0.200. The van der Waals surface area contributed by atoms with E-state index >= 15 is 0 Å². The van der Waals surface area contributed by atoms with E-state index in [1.54, 1.807) is 0 Å². The average molecular weight is 227 g/mol. The van der Waals surface area contributed by atoms with Gasteiger partial charge in [0.25, 0.3) is 0 Å². The molecular formula is C9H4F3N3O. The number of alkyl halides is 3. The second-order valence-corrected chi connectivity index (χ2v) is 2.94. The molecule has 0 aliphatic heterocycles. The van der Waals surface area contributed by atoms with Gasteiger partial charge in [-0.05, 0) is 12.1 Å². The topological polar surface area (TPSA) is 55.7 Å². The van der Waals surface area contributed by atoms with Crippen molar-refractivity contribution in [3.8, 4) is 0 Å². The van der Waals surface area contributed by atoms with Crippen LogP contribution in [0.15, 0.2) is 18.5 Å². The monoisotopic (exact) mass is 227 g/mol. The minimum Gasteiger partial charge on any atom is -0.296 e. The molecule has 7 heteroatoms. The summed E-state index contributed by atoms with van der Waals surface area (Å²) in [6.07, 6.45) is -3.08.